The van der Waals surface area contributed by atoms with Crippen LogP contribution >= 0.6 is 0 Å². The van der Waals surface area contributed by atoms with Crippen molar-refractivity contribution in [3.05, 3.63) is 70.8 Å². The lowest BCUT2D eigenvalue weighted by Crippen LogP contribution is -1.94. The number of terminal acetylenes is 2. The summed E-state index contributed by atoms with van der Waals surface area (Å²) in [6, 6.07) is 15.6. The van der Waals surface area contributed by atoms with E-state index in [1.165, 1.54) is 0 Å². The van der Waals surface area contributed by atoms with Crippen LogP contribution in [0.25, 0.3) is 0 Å². The maximum absolute atomic E-state index is 5.65. The molecular formula is C18H14O. The Morgan fingerprint density at radius 2 is 1.05 bits per heavy atom. The van der Waals surface area contributed by atoms with E-state index in [9.17, 15) is 0 Å². The Labute approximate surface area is 114 Å². The standard InChI is InChI=1S/C18H14O/c1-3-15-5-9-17(10-6-15)13-19-14-18-11-7-16(4-2)8-12-18/h1-2,5-12H,13-14H2. The molecular weight excluding hydrogens is 232 g/mol. The van der Waals surface area contributed by atoms with Crippen LogP contribution in [-0.4, -0.2) is 0 Å². The molecule has 2 aromatic rings. The van der Waals surface area contributed by atoms with Gasteiger partial charge < -0.3 is 4.74 Å². The van der Waals surface area contributed by atoms with Gasteiger partial charge in [-0.2, -0.15) is 0 Å². The molecule has 0 saturated carbocycles. The first-order valence-corrected chi connectivity index (χ1v) is 6.00. The van der Waals surface area contributed by atoms with Gasteiger partial charge in [0.05, 0.1) is 13.2 Å². The molecule has 0 aliphatic carbocycles. The van der Waals surface area contributed by atoms with Crippen LogP contribution in [0.4, 0.5) is 0 Å². The Kier molecular flexibility index (Phi) is 4.40. The third-order valence-electron chi connectivity index (χ3n) is 2.78. The summed E-state index contributed by atoms with van der Waals surface area (Å²) in [6.07, 6.45) is 10.6. The van der Waals surface area contributed by atoms with Gasteiger partial charge >= 0.3 is 0 Å². The molecule has 0 atom stereocenters. The van der Waals surface area contributed by atoms with E-state index in [-0.39, 0.29) is 0 Å². The van der Waals surface area contributed by atoms with E-state index in [1.807, 2.05) is 48.5 Å². The summed E-state index contributed by atoms with van der Waals surface area (Å²) in [4.78, 5) is 0. The Hall–Kier alpha value is -2.48. The highest BCUT2D eigenvalue weighted by Crippen LogP contribution is 2.08. The number of rotatable bonds is 4. The highest BCUT2D eigenvalue weighted by atomic mass is 16.5. The van der Waals surface area contributed by atoms with Crippen LogP contribution in [0.15, 0.2) is 48.5 Å². The third kappa shape index (κ3) is 3.75. The lowest BCUT2D eigenvalue weighted by molar-refractivity contribution is 0.107. The molecule has 1 nitrogen and oxygen atoms in total. The monoisotopic (exact) mass is 246 g/mol. The summed E-state index contributed by atoms with van der Waals surface area (Å²) in [7, 11) is 0. The molecule has 0 aliphatic heterocycles. The largest absolute Gasteiger partial charge is 0.372 e. The zero-order valence-electron chi connectivity index (χ0n) is 10.6. The first kappa shape index (κ1) is 13.0. The second kappa shape index (κ2) is 6.45. The van der Waals surface area contributed by atoms with Crippen molar-refractivity contribution < 1.29 is 4.74 Å². The summed E-state index contributed by atoms with van der Waals surface area (Å²) >= 11 is 0. The molecule has 19 heavy (non-hydrogen) atoms. The van der Waals surface area contributed by atoms with Crippen molar-refractivity contribution in [1.82, 2.24) is 0 Å². The number of ether oxygens (including phenoxy) is 1. The van der Waals surface area contributed by atoms with Crippen molar-refractivity contribution >= 4 is 0 Å². The minimum atomic E-state index is 0.571. The molecule has 92 valence electrons. The highest BCUT2D eigenvalue weighted by molar-refractivity contribution is 5.34. The minimum absolute atomic E-state index is 0.571. The molecule has 0 saturated heterocycles. The van der Waals surface area contributed by atoms with Gasteiger partial charge in [-0.05, 0) is 35.4 Å². The van der Waals surface area contributed by atoms with Gasteiger partial charge in [-0.15, -0.1) is 12.8 Å². The Morgan fingerprint density at radius 3 is 1.37 bits per heavy atom. The Balaban J connectivity index is 1.85. The number of benzene rings is 2. The molecule has 0 heterocycles. The van der Waals surface area contributed by atoms with Crippen molar-refractivity contribution in [2.45, 2.75) is 13.2 Å². The zero-order valence-corrected chi connectivity index (χ0v) is 10.6. The highest BCUT2D eigenvalue weighted by Gasteiger charge is 1.96. The molecule has 0 bridgehead atoms. The molecule has 2 aromatic carbocycles. The van der Waals surface area contributed by atoms with Crippen molar-refractivity contribution in [3.63, 3.8) is 0 Å². The van der Waals surface area contributed by atoms with Gasteiger partial charge in [-0.3, -0.25) is 0 Å². The van der Waals surface area contributed by atoms with Crippen LogP contribution < -0.4 is 0 Å². The topological polar surface area (TPSA) is 9.23 Å². The van der Waals surface area contributed by atoms with Crippen LogP contribution in [0.5, 0.6) is 0 Å². The van der Waals surface area contributed by atoms with Crippen LogP contribution in [0.1, 0.15) is 22.3 Å². The molecule has 0 spiro atoms. The minimum Gasteiger partial charge on any atom is -0.372 e. The summed E-state index contributed by atoms with van der Waals surface area (Å²) < 4.78 is 5.65. The van der Waals surface area contributed by atoms with E-state index in [1.54, 1.807) is 0 Å². The van der Waals surface area contributed by atoms with E-state index < -0.39 is 0 Å². The lowest BCUT2D eigenvalue weighted by atomic mass is 10.1. The number of hydrogen-bond acceptors (Lipinski definition) is 1. The van der Waals surface area contributed by atoms with Gasteiger partial charge in [0.1, 0.15) is 0 Å². The second-order valence-corrected chi connectivity index (χ2v) is 4.18. The molecule has 0 amide bonds. The van der Waals surface area contributed by atoms with Gasteiger partial charge in [-0.25, -0.2) is 0 Å². The average molecular weight is 246 g/mol. The van der Waals surface area contributed by atoms with Crippen LogP contribution in [0.3, 0.4) is 0 Å². The predicted octanol–water partition coefficient (Wildman–Crippen LogP) is 3.37. The average Bonchev–Trinajstić information content (AvgIpc) is 2.49. The van der Waals surface area contributed by atoms with Gasteiger partial charge in [-0.1, -0.05) is 36.1 Å². The summed E-state index contributed by atoms with van der Waals surface area (Å²) in [6.45, 7) is 1.14. The molecule has 0 fully saturated rings. The van der Waals surface area contributed by atoms with E-state index in [0.29, 0.717) is 13.2 Å². The molecule has 0 aromatic heterocycles. The Morgan fingerprint density at radius 1 is 0.684 bits per heavy atom. The molecule has 0 radical (unpaired) electrons. The van der Waals surface area contributed by atoms with Crippen LogP contribution in [0, 0.1) is 24.7 Å². The Bertz CT molecular complexity index is 549. The molecule has 0 unspecified atom stereocenters. The maximum atomic E-state index is 5.65. The van der Waals surface area contributed by atoms with Crippen molar-refractivity contribution in [1.29, 1.82) is 0 Å². The number of hydrogen-bond donors (Lipinski definition) is 0. The fraction of sp³-hybridized carbons (Fsp3) is 0.111. The van der Waals surface area contributed by atoms with Crippen molar-refractivity contribution in [2.75, 3.05) is 0 Å². The molecule has 0 aliphatic rings. The maximum Gasteiger partial charge on any atom is 0.0721 e. The summed E-state index contributed by atoms with van der Waals surface area (Å²) in [5, 5.41) is 0. The normalized spacial score (nSPS) is 9.58. The van der Waals surface area contributed by atoms with E-state index in [2.05, 4.69) is 11.8 Å². The van der Waals surface area contributed by atoms with Gasteiger partial charge in [0.25, 0.3) is 0 Å². The fourth-order valence-electron chi connectivity index (χ4n) is 1.68. The first-order chi connectivity index (χ1) is 9.31. The van der Waals surface area contributed by atoms with Crippen LogP contribution in [-0.2, 0) is 18.0 Å². The summed E-state index contributed by atoms with van der Waals surface area (Å²) in [5.74, 6) is 5.18. The predicted molar refractivity (Wildman–Crippen MR) is 77.2 cm³/mol. The van der Waals surface area contributed by atoms with E-state index in [4.69, 9.17) is 17.6 Å². The smallest absolute Gasteiger partial charge is 0.0721 e. The van der Waals surface area contributed by atoms with Gasteiger partial charge in [0, 0.05) is 11.1 Å². The third-order valence-corrected chi connectivity index (χ3v) is 2.78. The van der Waals surface area contributed by atoms with Crippen molar-refractivity contribution in [3.8, 4) is 24.7 Å². The first-order valence-electron chi connectivity index (χ1n) is 6.00. The van der Waals surface area contributed by atoms with Crippen molar-refractivity contribution in [2.24, 2.45) is 0 Å². The van der Waals surface area contributed by atoms with Crippen LogP contribution in [0.2, 0.25) is 0 Å². The SMILES string of the molecule is C#Cc1ccc(COCc2ccc(C#C)cc2)cc1. The van der Waals surface area contributed by atoms with Gasteiger partial charge in [0.15, 0.2) is 0 Å². The van der Waals surface area contributed by atoms with E-state index in [0.717, 1.165) is 22.3 Å². The quantitative estimate of drug-likeness (QED) is 0.752. The zero-order chi connectivity index (χ0) is 13.5. The molecule has 2 rings (SSSR count). The van der Waals surface area contributed by atoms with E-state index >= 15 is 0 Å². The fourth-order valence-corrected chi connectivity index (χ4v) is 1.68. The van der Waals surface area contributed by atoms with Gasteiger partial charge in [0.2, 0.25) is 0 Å². The second-order valence-electron chi connectivity index (χ2n) is 4.18. The summed E-state index contributed by atoms with van der Waals surface area (Å²) in [5.41, 5.74) is 3.99. The molecule has 1 heteroatoms. The lowest BCUT2D eigenvalue weighted by Gasteiger charge is -2.05. The molecule has 0 N–H and O–H groups in total.